The second-order valence-electron chi connectivity index (χ2n) is 8.04. The van der Waals surface area contributed by atoms with Gasteiger partial charge in [0.15, 0.2) is 0 Å². The zero-order valence-corrected chi connectivity index (χ0v) is 18.5. The first-order valence-electron chi connectivity index (χ1n) is 10.6. The average molecular weight is 461 g/mol. The van der Waals surface area contributed by atoms with Crippen molar-refractivity contribution in [1.29, 1.82) is 0 Å². The predicted molar refractivity (Wildman–Crippen MR) is 126 cm³/mol. The average Bonchev–Trinajstić information content (AvgIpc) is 2.83. The topological polar surface area (TPSA) is 66.5 Å². The number of carbonyl (C=O) groups excluding carboxylic acids is 1. The first-order chi connectivity index (χ1) is 15.9. The largest absolute Gasteiger partial charge is 0.322 e. The molecule has 4 aromatic rings. The van der Waals surface area contributed by atoms with Crippen LogP contribution in [0.4, 0.5) is 10.1 Å². The molecule has 1 amide bonds. The maximum absolute atomic E-state index is 13.2. The van der Waals surface area contributed by atoms with Gasteiger partial charge >= 0.3 is 0 Å². The van der Waals surface area contributed by atoms with Crippen molar-refractivity contribution in [3.8, 4) is 0 Å². The lowest BCUT2D eigenvalue weighted by molar-refractivity contribution is 0.102. The van der Waals surface area contributed by atoms with Crippen molar-refractivity contribution in [2.45, 2.75) is 17.9 Å². The van der Waals surface area contributed by atoms with Crippen molar-refractivity contribution in [1.82, 2.24) is 4.31 Å². The molecule has 0 aromatic heterocycles. The quantitative estimate of drug-likeness (QED) is 0.467. The number of nitrogens with zero attached hydrogens (tertiary/aromatic N) is 1. The first-order valence-corrected chi connectivity index (χ1v) is 12.0. The minimum atomic E-state index is -3.74. The van der Waals surface area contributed by atoms with Crippen molar-refractivity contribution >= 4 is 32.4 Å². The molecular weight excluding hydrogens is 439 g/mol. The Bertz CT molecular complexity index is 1470. The molecule has 1 aliphatic rings. The van der Waals surface area contributed by atoms with Gasteiger partial charge in [0, 0.05) is 24.3 Å². The predicted octanol–water partition coefficient (Wildman–Crippen LogP) is 4.98. The van der Waals surface area contributed by atoms with Crippen LogP contribution >= 0.6 is 0 Å². The Hall–Kier alpha value is -3.55. The number of hydrogen-bond acceptors (Lipinski definition) is 3. The molecule has 33 heavy (non-hydrogen) atoms. The van der Waals surface area contributed by atoms with E-state index < -0.39 is 15.8 Å². The SMILES string of the molecule is O=C(Nc1ccc2c(c1)CN(S(=O)(=O)c1ccc(F)cc1)CC2)c1ccc2ccccc2c1. The molecule has 0 saturated heterocycles. The number of nitrogens with one attached hydrogen (secondary N) is 1. The Morgan fingerprint density at radius 1 is 0.848 bits per heavy atom. The van der Waals surface area contributed by atoms with E-state index in [1.165, 1.54) is 16.4 Å². The van der Waals surface area contributed by atoms with Gasteiger partial charge < -0.3 is 5.32 Å². The number of benzene rings is 4. The fourth-order valence-electron chi connectivity index (χ4n) is 4.10. The van der Waals surface area contributed by atoms with Gasteiger partial charge in [0.1, 0.15) is 5.82 Å². The molecule has 4 aromatic carbocycles. The summed E-state index contributed by atoms with van der Waals surface area (Å²) in [5.74, 6) is -0.711. The molecule has 0 unspecified atom stereocenters. The van der Waals surface area contributed by atoms with Crippen LogP contribution in [0.5, 0.6) is 0 Å². The van der Waals surface area contributed by atoms with Crippen LogP contribution in [0, 0.1) is 5.82 Å². The van der Waals surface area contributed by atoms with E-state index in [4.69, 9.17) is 0 Å². The number of halogens is 1. The summed E-state index contributed by atoms with van der Waals surface area (Å²) in [7, 11) is -3.74. The molecule has 5 rings (SSSR count). The molecule has 0 saturated carbocycles. The fraction of sp³-hybridized carbons (Fsp3) is 0.115. The highest BCUT2D eigenvalue weighted by atomic mass is 32.2. The second kappa shape index (κ2) is 8.42. The summed E-state index contributed by atoms with van der Waals surface area (Å²) in [5, 5.41) is 4.96. The Morgan fingerprint density at radius 2 is 1.61 bits per heavy atom. The van der Waals surface area contributed by atoms with E-state index in [1.54, 1.807) is 6.07 Å². The van der Waals surface area contributed by atoms with E-state index >= 15 is 0 Å². The highest BCUT2D eigenvalue weighted by Crippen LogP contribution is 2.27. The van der Waals surface area contributed by atoms with Crippen LogP contribution in [0.25, 0.3) is 10.8 Å². The summed E-state index contributed by atoms with van der Waals surface area (Å²) < 4.78 is 40.6. The molecule has 0 spiro atoms. The summed E-state index contributed by atoms with van der Waals surface area (Å²) in [6.45, 7) is 0.532. The molecular formula is C26H21FN2O3S. The third kappa shape index (κ3) is 4.25. The lowest BCUT2D eigenvalue weighted by atomic mass is 10.0. The van der Waals surface area contributed by atoms with Crippen LogP contribution in [0.15, 0.2) is 89.8 Å². The number of rotatable bonds is 4. The van der Waals surface area contributed by atoms with Gasteiger partial charge in [0.25, 0.3) is 5.91 Å². The third-order valence-corrected chi connectivity index (χ3v) is 7.76. The molecule has 7 heteroatoms. The molecule has 0 bridgehead atoms. The normalized spacial score (nSPS) is 14.1. The molecule has 0 fully saturated rings. The monoisotopic (exact) mass is 460 g/mol. The molecule has 1 N–H and O–H groups in total. The molecule has 0 radical (unpaired) electrons. The highest BCUT2D eigenvalue weighted by Gasteiger charge is 2.28. The highest BCUT2D eigenvalue weighted by molar-refractivity contribution is 7.89. The minimum absolute atomic E-state index is 0.0631. The standard InChI is InChI=1S/C26H21FN2O3S/c27-23-8-11-25(12-9-23)33(31,32)29-14-13-19-7-10-24(16-22(19)17-29)28-26(30)21-6-5-18-3-1-2-4-20(18)15-21/h1-12,15-16H,13-14,17H2,(H,28,30). The molecule has 166 valence electrons. The number of fused-ring (bicyclic) bond motifs is 2. The van der Waals surface area contributed by atoms with Crippen LogP contribution in [-0.2, 0) is 23.0 Å². The number of hydrogen-bond donors (Lipinski definition) is 1. The van der Waals surface area contributed by atoms with Gasteiger partial charge in [-0.25, -0.2) is 12.8 Å². The smallest absolute Gasteiger partial charge is 0.255 e. The molecule has 0 aliphatic carbocycles. The van der Waals surface area contributed by atoms with Crippen LogP contribution in [0.1, 0.15) is 21.5 Å². The van der Waals surface area contributed by atoms with Crippen molar-refractivity contribution < 1.29 is 17.6 Å². The number of carbonyl (C=O) groups is 1. The molecule has 5 nitrogen and oxygen atoms in total. The van der Waals surface area contributed by atoms with E-state index in [9.17, 15) is 17.6 Å². The Balaban J connectivity index is 1.36. The summed E-state index contributed by atoms with van der Waals surface area (Å²) >= 11 is 0. The van der Waals surface area contributed by atoms with Gasteiger partial charge in [0.2, 0.25) is 10.0 Å². The summed E-state index contributed by atoms with van der Waals surface area (Å²) in [6.07, 6.45) is 0.564. The minimum Gasteiger partial charge on any atom is -0.322 e. The van der Waals surface area contributed by atoms with E-state index in [2.05, 4.69) is 5.32 Å². The van der Waals surface area contributed by atoms with Crippen molar-refractivity contribution in [3.05, 3.63) is 107 Å². The lowest BCUT2D eigenvalue weighted by Gasteiger charge is -2.28. The van der Waals surface area contributed by atoms with E-state index in [-0.39, 0.29) is 17.3 Å². The van der Waals surface area contributed by atoms with Gasteiger partial charge in [-0.15, -0.1) is 0 Å². The van der Waals surface area contributed by atoms with E-state index in [1.807, 2.05) is 54.6 Å². The van der Waals surface area contributed by atoms with Crippen LogP contribution in [0.3, 0.4) is 0 Å². The van der Waals surface area contributed by atoms with Crippen molar-refractivity contribution in [3.63, 3.8) is 0 Å². The van der Waals surface area contributed by atoms with E-state index in [0.29, 0.717) is 24.2 Å². The number of sulfonamides is 1. The molecule has 1 heterocycles. The Labute approximate surface area is 191 Å². The van der Waals surface area contributed by atoms with Crippen molar-refractivity contribution in [2.24, 2.45) is 0 Å². The molecule has 0 atom stereocenters. The fourth-order valence-corrected chi connectivity index (χ4v) is 5.52. The summed E-state index contributed by atoms with van der Waals surface area (Å²) in [6, 6.07) is 23.8. The zero-order valence-electron chi connectivity index (χ0n) is 17.7. The Morgan fingerprint density at radius 3 is 2.39 bits per heavy atom. The van der Waals surface area contributed by atoms with Gasteiger partial charge in [-0.1, -0.05) is 36.4 Å². The van der Waals surface area contributed by atoms with E-state index in [0.717, 1.165) is 34.0 Å². The zero-order chi connectivity index (χ0) is 23.0. The lowest BCUT2D eigenvalue weighted by Crippen LogP contribution is -2.36. The Kier molecular flexibility index (Phi) is 5.44. The third-order valence-electron chi connectivity index (χ3n) is 5.90. The summed E-state index contributed by atoms with van der Waals surface area (Å²) in [4.78, 5) is 12.9. The number of anilines is 1. The number of amides is 1. The maximum atomic E-state index is 13.2. The van der Waals surface area contributed by atoms with Crippen LogP contribution in [0.2, 0.25) is 0 Å². The van der Waals surface area contributed by atoms with Gasteiger partial charge in [-0.3, -0.25) is 4.79 Å². The first kappa shape index (κ1) is 21.3. The van der Waals surface area contributed by atoms with Gasteiger partial charge in [-0.2, -0.15) is 4.31 Å². The molecule has 1 aliphatic heterocycles. The van der Waals surface area contributed by atoms with Crippen LogP contribution < -0.4 is 5.32 Å². The summed E-state index contributed by atoms with van der Waals surface area (Å²) in [5.41, 5.74) is 3.03. The second-order valence-corrected chi connectivity index (χ2v) is 9.98. The van der Waals surface area contributed by atoms with Gasteiger partial charge in [-0.05, 0) is 76.9 Å². The van der Waals surface area contributed by atoms with Crippen LogP contribution in [-0.4, -0.2) is 25.2 Å². The van der Waals surface area contributed by atoms with Gasteiger partial charge in [0.05, 0.1) is 4.90 Å². The van der Waals surface area contributed by atoms with Crippen molar-refractivity contribution in [2.75, 3.05) is 11.9 Å². The maximum Gasteiger partial charge on any atom is 0.255 e.